The molecule has 2 aromatic rings. The van der Waals surface area contributed by atoms with Crippen molar-refractivity contribution in [3.63, 3.8) is 0 Å². The summed E-state index contributed by atoms with van der Waals surface area (Å²) in [7, 11) is 0. The Morgan fingerprint density at radius 3 is 2.71 bits per heavy atom. The highest BCUT2D eigenvalue weighted by atomic mass is 16.5. The second-order valence-electron chi connectivity index (χ2n) is 3.35. The quantitative estimate of drug-likeness (QED) is 0.722. The summed E-state index contributed by atoms with van der Waals surface area (Å²) < 4.78 is 5.35. The van der Waals surface area contributed by atoms with Crippen LogP contribution >= 0.6 is 0 Å². The van der Waals surface area contributed by atoms with Crippen molar-refractivity contribution in [1.82, 2.24) is 9.97 Å². The van der Waals surface area contributed by atoms with Gasteiger partial charge in [-0.3, -0.25) is 4.79 Å². The van der Waals surface area contributed by atoms with Crippen molar-refractivity contribution >= 4 is 5.69 Å². The summed E-state index contributed by atoms with van der Waals surface area (Å²) in [5.74, 6) is 0.553. The molecule has 0 saturated carbocycles. The number of aromatic nitrogens is 2. The van der Waals surface area contributed by atoms with E-state index in [4.69, 9.17) is 15.6 Å². The summed E-state index contributed by atoms with van der Waals surface area (Å²) in [6.07, 6.45) is 1.22. The number of H-pyrrole nitrogens is 1. The topological polar surface area (TPSA) is 101 Å². The smallest absolute Gasteiger partial charge is 0.277 e. The van der Waals surface area contributed by atoms with E-state index in [0.717, 1.165) is 5.56 Å². The van der Waals surface area contributed by atoms with Gasteiger partial charge in [-0.2, -0.15) is 0 Å². The van der Waals surface area contributed by atoms with Gasteiger partial charge in [0, 0.05) is 0 Å². The van der Waals surface area contributed by atoms with Gasteiger partial charge in [-0.1, -0.05) is 12.1 Å². The van der Waals surface area contributed by atoms with Gasteiger partial charge in [0.25, 0.3) is 5.56 Å². The van der Waals surface area contributed by atoms with Crippen molar-refractivity contribution in [1.29, 1.82) is 0 Å². The molecule has 0 spiro atoms. The molecule has 1 aromatic heterocycles. The molecule has 0 aliphatic carbocycles. The highest BCUT2D eigenvalue weighted by Gasteiger charge is 2.06. The van der Waals surface area contributed by atoms with Crippen molar-refractivity contribution in [2.75, 3.05) is 5.73 Å². The van der Waals surface area contributed by atoms with Crippen molar-refractivity contribution in [3.8, 4) is 11.6 Å². The van der Waals surface area contributed by atoms with Crippen LogP contribution in [0.1, 0.15) is 5.56 Å². The lowest BCUT2D eigenvalue weighted by molar-refractivity contribution is 0.281. The maximum Gasteiger partial charge on any atom is 0.277 e. The van der Waals surface area contributed by atoms with Crippen LogP contribution in [-0.4, -0.2) is 15.1 Å². The van der Waals surface area contributed by atoms with Gasteiger partial charge in [-0.05, 0) is 17.7 Å². The molecule has 1 aromatic carbocycles. The highest BCUT2D eigenvalue weighted by molar-refractivity contribution is 5.47. The van der Waals surface area contributed by atoms with E-state index in [1.54, 1.807) is 24.3 Å². The van der Waals surface area contributed by atoms with E-state index < -0.39 is 5.56 Å². The van der Waals surface area contributed by atoms with E-state index in [9.17, 15) is 4.79 Å². The molecule has 88 valence electrons. The molecule has 6 heteroatoms. The second kappa shape index (κ2) is 4.67. The van der Waals surface area contributed by atoms with E-state index in [2.05, 4.69) is 9.97 Å². The van der Waals surface area contributed by atoms with E-state index in [0.29, 0.717) is 5.75 Å². The standard InChI is InChI=1S/C11H11N3O3/c12-9-10(16)13-6-14-11(9)17-8-3-1-7(5-15)2-4-8/h1-4,6,15H,5,12H2,(H,13,14,16). The first-order valence-electron chi connectivity index (χ1n) is 4.91. The Labute approximate surface area is 96.7 Å². The Morgan fingerprint density at radius 1 is 1.35 bits per heavy atom. The Hall–Kier alpha value is -2.34. The molecule has 0 fully saturated rings. The predicted molar refractivity (Wildman–Crippen MR) is 61.7 cm³/mol. The zero-order valence-electron chi connectivity index (χ0n) is 8.88. The van der Waals surface area contributed by atoms with Gasteiger partial charge >= 0.3 is 0 Å². The number of rotatable bonds is 3. The molecular weight excluding hydrogens is 222 g/mol. The normalized spacial score (nSPS) is 10.2. The maximum atomic E-state index is 11.2. The van der Waals surface area contributed by atoms with Crippen LogP contribution in [0.5, 0.6) is 11.6 Å². The lowest BCUT2D eigenvalue weighted by Crippen LogP contribution is -2.13. The first-order chi connectivity index (χ1) is 8.20. The number of hydrogen-bond acceptors (Lipinski definition) is 5. The fraction of sp³-hybridized carbons (Fsp3) is 0.0909. The van der Waals surface area contributed by atoms with E-state index in [1.165, 1.54) is 6.33 Å². The molecule has 0 atom stereocenters. The molecule has 17 heavy (non-hydrogen) atoms. The molecule has 0 bridgehead atoms. The molecule has 0 radical (unpaired) electrons. The number of hydrogen-bond donors (Lipinski definition) is 3. The molecular formula is C11H11N3O3. The summed E-state index contributed by atoms with van der Waals surface area (Å²) in [5, 5.41) is 8.88. The van der Waals surface area contributed by atoms with Gasteiger partial charge in [-0.25, -0.2) is 4.98 Å². The fourth-order valence-corrected chi connectivity index (χ4v) is 1.25. The number of aliphatic hydroxyl groups excluding tert-OH is 1. The van der Waals surface area contributed by atoms with Gasteiger partial charge in [0.05, 0.1) is 12.9 Å². The van der Waals surface area contributed by atoms with Crippen molar-refractivity contribution in [2.45, 2.75) is 6.61 Å². The third kappa shape index (κ3) is 2.43. The number of ether oxygens (including phenoxy) is 1. The van der Waals surface area contributed by atoms with Gasteiger partial charge in [-0.15, -0.1) is 0 Å². The number of aliphatic hydroxyl groups is 1. The lowest BCUT2D eigenvalue weighted by Gasteiger charge is -2.06. The van der Waals surface area contributed by atoms with Crippen LogP contribution in [0.15, 0.2) is 35.4 Å². The molecule has 0 aliphatic heterocycles. The summed E-state index contributed by atoms with van der Waals surface area (Å²) in [4.78, 5) is 17.4. The zero-order valence-corrected chi connectivity index (χ0v) is 8.88. The Kier molecular flexibility index (Phi) is 3.06. The first-order valence-corrected chi connectivity index (χ1v) is 4.91. The number of anilines is 1. The summed E-state index contributed by atoms with van der Waals surface area (Å²) >= 11 is 0. The largest absolute Gasteiger partial charge is 0.437 e. The van der Waals surface area contributed by atoms with E-state index in [1.807, 2.05) is 0 Å². The van der Waals surface area contributed by atoms with Crippen molar-refractivity contribution in [2.24, 2.45) is 0 Å². The Bertz CT molecular complexity index is 563. The van der Waals surface area contributed by atoms with Gasteiger partial charge < -0.3 is 20.6 Å². The third-order valence-corrected chi connectivity index (χ3v) is 2.17. The number of nitrogens with one attached hydrogen (secondary N) is 1. The number of nitrogen functional groups attached to an aromatic ring is 1. The average molecular weight is 233 g/mol. The fourth-order valence-electron chi connectivity index (χ4n) is 1.25. The maximum absolute atomic E-state index is 11.2. The van der Waals surface area contributed by atoms with Crippen LogP contribution < -0.4 is 16.0 Å². The number of aromatic amines is 1. The van der Waals surface area contributed by atoms with Crippen LogP contribution in [0.4, 0.5) is 5.69 Å². The minimum absolute atomic E-state index is 0.0360. The minimum atomic E-state index is -0.443. The van der Waals surface area contributed by atoms with E-state index in [-0.39, 0.29) is 18.2 Å². The van der Waals surface area contributed by atoms with Crippen LogP contribution in [0.2, 0.25) is 0 Å². The third-order valence-electron chi connectivity index (χ3n) is 2.17. The molecule has 0 amide bonds. The Balaban J connectivity index is 2.25. The molecule has 0 aliphatic rings. The van der Waals surface area contributed by atoms with Gasteiger partial charge in [0.2, 0.25) is 5.88 Å². The predicted octanol–water partition coefficient (Wildman–Crippen LogP) is 0.637. The zero-order chi connectivity index (χ0) is 12.3. The summed E-state index contributed by atoms with van der Waals surface area (Å²) in [6.45, 7) is -0.0360. The highest BCUT2D eigenvalue weighted by Crippen LogP contribution is 2.22. The van der Waals surface area contributed by atoms with Crippen LogP contribution in [-0.2, 0) is 6.61 Å². The number of nitrogens with two attached hydrogens (primary N) is 1. The van der Waals surface area contributed by atoms with Crippen LogP contribution in [0.3, 0.4) is 0 Å². The van der Waals surface area contributed by atoms with Gasteiger partial charge in [0.1, 0.15) is 5.75 Å². The summed E-state index contributed by atoms with van der Waals surface area (Å²) in [5.41, 5.74) is 5.77. The second-order valence-corrected chi connectivity index (χ2v) is 3.35. The number of benzene rings is 1. The first kappa shape index (κ1) is 11.2. The SMILES string of the molecule is Nc1c(Oc2ccc(CO)cc2)nc[nH]c1=O. The molecule has 6 nitrogen and oxygen atoms in total. The summed E-state index contributed by atoms with van der Waals surface area (Å²) in [6, 6.07) is 6.74. The minimum Gasteiger partial charge on any atom is -0.437 e. The van der Waals surface area contributed by atoms with Gasteiger partial charge in [0.15, 0.2) is 5.69 Å². The monoisotopic (exact) mass is 233 g/mol. The van der Waals surface area contributed by atoms with Crippen LogP contribution in [0.25, 0.3) is 0 Å². The van der Waals surface area contributed by atoms with Crippen molar-refractivity contribution in [3.05, 3.63) is 46.5 Å². The van der Waals surface area contributed by atoms with Crippen LogP contribution in [0, 0.1) is 0 Å². The molecule has 4 N–H and O–H groups in total. The lowest BCUT2D eigenvalue weighted by atomic mass is 10.2. The number of nitrogens with zero attached hydrogens (tertiary/aromatic N) is 1. The van der Waals surface area contributed by atoms with E-state index >= 15 is 0 Å². The average Bonchev–Trinajstić information content (AvgIpc) is 2.36. The molecule has 0 unspecified atom stereocenters. The Morgan fingerprint density at radius 2 is 2.06 bits per heavy atom. The molecule has 1 heterocycles. The molecule has 2 rings (SSSR count). The van der Waals surface area contributed by atoms with Crippen molar-refractivity contribution < 1.29 is 9.84 Å². The molecule has 0 saturated heterocycles.